The summed E-state index contributed by atoms with van der Waals surface area (Å²) in [4.78, 5) is 10.7. The second-order valence-corrected chi connectivity index (χ2v) is 9.02. The van der Waals surface area contributed by atoms with E-state index in [-0.39, 0.29) is 28.8 Å². The van der Waals surface area contributed by atoms with Crippen LogP contribution in [0.2, 0.25) is 0 Å². The van der Waals surface area contributed by atoms with Crippen molar-refractivity contribution in [3.05, 3.63) is 23.8 Å². The highest BCUT2D eigenvalue weighted by molar-refractivity contribution is 8.13. The Morgan fingerprint density at radius 3 is 2.38 bits per heavy atom. The van der Waals surface area contributed by atoms with Gasteiger partial charge in [0.1, 0.15) is 17.9 Å². The fraction of sp³-hybridized carbons (Fsp3) is 0.364. The minimum Gasteiger partial charge on any atom is -0.492 e. The molecule has 1 aromatic carbocycles. The Bertz CT molecular complexity index is 738. The Morgan fingerprint density at radius 1 is 1.29 bits per heavy atom. The molecule has 10 heteroatoms. The van der Waals surface area contributed by atoms with Crippen LogP contribution < -0.4 is 4.74 Å². The summed E-state index contributed by atoms with van der Waals surface area (Å²) in [5, 5.41) is 9.03. The number of hydrogen-bond donors (Lipinski definition) is 1. The number of carbonyl (C=O) groups is 1. The van der Waals surface area contributed by atoms with Crippen molar-refractivity contribution in [2.24, 2.45) is 0 Å². The molecular weight excluding hydrogens is 344 g/mol. The van der Waals surface area contributed by atoms with E-state index in [1.165, 1.54) is 6.92 Å². The number of hydrogen-bond acceptors (Lipinski definition) is 6. The molecule has 1 rings (SSSR count). The summed E-state index contributed by atoms with van der Waals surface area (Å²) in [6, 6.07) is 3.06. The van der Waals surface area contributed by atoms with Crippen LogP contribution in [0, 0.1) is 0 Å². The average molecular weight is 357 g/mol. The smallest absolute Gasteiger partial charge is 0.339 e. The van der Waals surface area contributed by atoms with Gasteiger partial charge in [0.05, 0.1) is 10.6 Å². The van der Waals surface area contributed by atoms with E-state index in [2.05, 4.69) is 0 Å². The summed E-state index contributed by atoms with van der Waals surface area (Å²) in [6.45, 7) is 1.25. The minimum atomic E-state index is -4.07. The fourth-order valence-electron chi connectivity index (χ4n) is 1.38. The monoisotopic (exact) mass is 356 g/mol. The summed E-state index contributed by atoms with van der Waals surface area (Å²) in [5.41, 5.74) is -0.411. The van der Waals surface area contributed by atoms with Crippen LogP contribution in [-0.2, 0) is 18.9 Å². The van der Waals surface area contributed by atoms with Crippen molar-refractivity contribution in [3.63, 3.8) is 0 Å². The SMILES string of the molecule is CCS(=O)(=O)CCOc1ccc(S(=O)(=O)Cl)cc1C(=O)O. The largest absolute Gasteiger partial charge is 0.492 e. The molecular formula is C11H13ClO7S2. The molecule has 0 aromatic heterocycles. The first-order valence-corrected chi connectivity index (χ1v) is 9.85. The van der Waals surface area contributed by atoms with Crippen LogP contribution in [0.15, 0.2) is 23.1 Å². The zero-order valence-electron chi connectivity index (χ0n) is 10.9. The van der Waals surface area contributed by atoms with Crippen LogP contribution in [-0.4, -0.2) is 46.0 Å². The molecule has 1 aromatic rings. The van der Waals surface area contributed by atoms with Crippen LogP contribution >= 0.6 is 10.7 Å². The third-order valence-electron chi connectivity index (χ3n) is 2.55. The first-order chi connectivity index (χ1) is 9.57. The van der Waals surface area contributed by atoms with Gasteiger partial charge in [0.15, 0.2) is 9.84 Å². The normalized spacial score (nSPS) is 12.1. The van der Waals surface area contributed by atoms with Gasteiger partial charge < -0.3 is 9.84 Å². The Balaban J connectivity index is 3.01. The lowest BCUT2D eigenvalue weighted by atomic mass is 10.2. The molecule has 0 fully saturated rings. The average Bonchev–Trinajstić information content (AvgIpc) is 2.37. The van der Waals surface area contributed by atoms with Gasteiger partial charge in [-0.15, -0.1) is 0 Å². The molecule has 1 N–H and O–H groups in total. The molecule has 0 heterocycles. The van der Waals surface area contributed by atoms with Gasteiger partial charge in [0.2, 0.25) is 0 Å². The number of ether oxygens (including phenoxy) is 1. The van der Waals surface area contributed by atoms with Crippen LogP contribution in [0.3, 0.4) is 0 Å². The molecule has 0 spiro atoms. The van der Waals surface area contributed by atoms with Gasteiger partial charge in [-0.1, -0.05) is 6.92 Å². The Kier molecular flexibility index (Phi) is 5.60. The van der Waals surface area contributed by atoms with E-state index in [0.29, 0.717) is 0 Å². The van der Waals surface area contributed by atoms with Gasteiger partial charge in [-0.05, 0) is 18.2 Å². The third-order valence-corrected chi connectivity index (χ3v) is 5.57. The fourth-order valence-corrected chi connectivity index (χ4v) is 2.78. The second kappa shape index (κ2) is 6.63. The molecule has 118 valence electrons. The summed E-state index contributed by atoms with van der Waals surface area (Å²) in [7, 11) is -2.18. The number of carboxylic acid groups (broad SMARTS) is 1. The van der Waals surface area contributed by atoms with Crippen molar-refractivity contribution in [1.29, 1.82) is 0 Å². The second-order valence-electron chi connectivity index (χ2n) is 3.99. The number of carboxylic acids is 1. The van der Waals surface area contributed by atoms with Crippen molar-refractivity contribution < 1.29 is 31.5 Å². The van der Waals surface area contributed by atoms with Gasteiger partial charge in [0.25, 0.3) is 9.05 Å². The highest BCUT2D eigenvalue weighted by atomic mass is 35.7. The summed E-state index contributed by atoms with van der Waals surface area (Å²) < 4.78 is 50.0. The lowest BCUT2D eigenvalue weighted by molar-refractivity contribution is 0.0692. The maximum absolute atomic E-state index is 11.3. The summed E-state index contributed by atoms with van der Waals surface area (Å²) >= 11 is 0. The molecule has 21 heavy (non-hydrogen) atoms. The molecule has 0 amide bonds. The van der Waals surface area contributed by atoms with Crippen molar-refractivity contribution in [1.82, 2.24) is 0 Å². The predicted molar refractivity (Wildman–Crippen MR) is 76.3 cm³/mol. The number of benzene rings is 1. The lowest BCUT2D eigenvalue weighted by Gasteiger charge is -2.10. The van der Waals surface area contributed by atoms with Crippen LogP contribution in [0.5, 0.6) is 5.75 Å². The van der Waals surface area contributed by atoms with Crippen molar-refractivity contribution in [2.75, 3.05) is 18.1 Å². The van der Waals surface area contributed by atoms with Gasteiger partial charge in [0, 0.05) is 16.4 Å². The van der Waals surface area contributed by atoms with E-state index in [1.54, 1.807) is 0 Å². The quantitative estimate of drug-likeness (QED) is 0.728. The number of rotatable bonds is 7. The molecule has 0 aliphatic rings. The Morgan fingerprint density at radius 2 is 1.90 bits per heavy atom. The number of halogens is 1. The predicted octanol–water partition coefficient (Wildman–Crippen LogP) is 1.13. The van der Waals surface area contributed by atoms with E-state index in [9.17, 15) is 21.6 Å². The van der Waals surface area contributed by atoms with Crippen molar-refractivity contribution in [2.45, 2.75) is 11.8 Å². The van der Waals surface area contributed by atoms with Gasteiger partial charge >= 0.3 is 5.97 Å². The van der Waals surface area contributed by atoms with Crippen LogP contribution in [0.4, 0.5) is 0 Å². The standard InChI is InChI=1S/C11H13ClO7S2/c1-2-20(15,16)6-5-19-10-4-3-8(21(12,17)18)7-9(10)11(13)14/h3-4,7H,2,5-6H2,1H3,(H,13,14). The Hall–Kier alpha value is -1.32. The molecule has 0 saturated carbocycles. The van der Waals surface area contributed by atoms with E-state index >= 15 is 0 Å². The van der Waals surface area contributed by atoms with Crippen LogP contribution in [0.25, 0.3) is 0 Å². The molecule has 0 unspecified atom stereocenters. The lowest BCUT2D eigenvalue weighted by Crippen LogP contribution is -2.16. The first-order valence-electron chi connectivity index (χ1n) is 5.72. The summed E-state index contributed by atoms with van der Waals surface area (Å²) in [6.07, 6.45) is 0. The first kappa shape index (κ1) is 17.7. The van der Waals surface area contributed by atoms with Gasteiger partial charge in [-0.2, -0.15) is 0 Å². The van der Waals surface area contributed by atoms with Crippen molar-refractivity contribution in [3.8, 4) is 5.75 Å². The highest BCUT2D eigenvalue weighted by Crippen LogP contribution is 2.24. The molecule has 7 nitrogen and oxygen atoms in total. The maximum Gasteiger partial charge on any atom is 0.339 e. The molecule has 0 radical (unpaired) electrons. The van der Waals surface area contributed by atoms with Crippen molar-refractivity contribution >= 4 is 35.5 Å². The Labute approximate surface area is 126 Å². The molecule has 0 aliphatic heterocycles. The minimum absolute atomic E-state index is 0.0500. The molecule has 0 saturated heterocycles. The van der Waals surface area contributed by atoms with E-state index in [4.69, 9.17) is 20.5 Å². The molecule has 0 atom stereocenters. The molecule has 0 bridgehead atoms. The van der Waals surface area contributed by atoms with Gasteiger partial charge in [-0.3, -0.25) is 0 Å². The topological polar surface area (TPSA) is 115 Å². The highest BCUT2D eigenvalue weighted by Gasteiger charge is 2.18. The number of sulfone groups is 1. The molecule has 0 aliphatic carbocycles. The van der Waals surface area contributed by atoms with E-state index < -0.39 is 30.4 Å². The summed E-state index contributed by atoms with van der Waals surface area (Å²) in [5.74, 6) is -1.85. The zero-order chi connectivity index (χ0) is 16.3. The maximum atomic E-state index is 11.3. The zero-order valence-corrected chi connectivity index (χ0v) is 13.3. The van der Waals surface area contributed by atoms with Crippen LogP contribution in [0.1, 0.15) is 17.3 Å². The van der Waals surface area contributed by atoms with E-state index in [0.717, 1.165) is 18.2 Å². The van der Waals surface area contributed by atoms with E-state index in [1.807, 2.05) is 0 Å². The van der Waals surface area contributed by atoms with Gasteiger partial charge in [-0.25, -0.2) is 21.6 Å². The number of aromatic carboxylic acids is 1. The third kappa shape index (κ3) is 5.18.